The van der Waals surface area contributed by atoms with E-state index >= 15 is 0 Å². The molecule has 1 aliphatic heterocycles. The molecule has 2 aromatic carbocycles. The molecule has 18 heteroatoms. The van der Waals surface area contributed by atoms with E-state index in [1.807, 2.05) is 0 Å². The minimum atomic E-state index is -4.71. The number of carbonyl (C=O) groups is 2. The SMILES string of the molecule is CCOC(=O)C1=NN(c2ccc(S(=O)(=O)[O-])cc2)C(=O)/C1=C/C=C/C=C/c1c(C)[nH]n(-c2ccc(S(=O)(=O)[O-])cc2)c1=O.[K+].[K+]. The number of carbonyl (C=O) groups excluding carboxylic acids is 2. The number of H-pyrrole nitrogens is 1. The molecule has 1 amide bonds. The summed E-state index contributed by atoms with van der Waals surface area (Å²) in [6.45, 7) is 3.24. The summed E-state index contributed by atoms with van der Waals surface area (Å²) < 4.78 is 73.2. The van der Waals surface area contributed by atoms with Gasteiger partial charge in [-0.3, -0.25) is 14.7 Å². The molecule has 2 heterocycles. The molecule has 0 atom stereocenters. The number of allylic oxidation sites excluding steroid dienone is 4. The Morgan fingerprint density at radius 1 is 0.889 bits per heavy atom. The van der Waals surface area contributed by atoms with Crippen molar-refractivity contribution in [2.75, 3.05) is 11.6 Å². The number of benzene rings is 2. The van der Waals surface area contributed by atoms with Crippen LogP contribution in [0.4, 0.5) is 5.69 Å². The topological polar surface area (TPSA) is 211 Å². The molecule has 0 bridgehead atoms. The van der Waals surface area contributed by atoms with Crippen LogP contribution >= 0.6 is 0 Å². The molecule has 0 radical (unpaired) electrons. The van der Waals surface area contributed by atoms with Gasteiger partial charge in [-0.05, 0) is 74.5 Å². The van der Waals surface area contributed by atoms with Gasteiger partial charge >= 0.3 is 109 Å². The summed E-state index contributed by atoms with van der Waals surface area (Å²) >= 11 is 0. The molecule has 4 rings (SSSR count). The van der Waals surface area contributed by atoms with Crippen molar-refractivity contribution in [1.82, 2.24) is 9.78 Å². The van der Waals surface area contributed by atoms with Gasteiger partial charge in [0.25, 0.3) is 11.5 Å². The standard InChI is InChI=1S/C27H24N4O10S2.2K/c1-3-41-27(34)24-23(26(33)31(29-24)19-11-15-21(16-12-19)43(38,39)40)8-6-4-5-7-22-17(2)28-30(25(22)32)18-9-13-20(14-10-18)42(35,36)37;;/h4-16,28H,3H2,1-2H3,(H,35,36,37)(H,38,39,40);;/q;2*+1/p-2/b6-4+,7-5+,23-8+;;. The van der Waals surface area contributed by atoms with Crippen LogP contribution in [-0.4, -0.2) is 59.9 Å². The van der Waals surface area contributed by atoms with Crippen LogP contribution in [0, 0.1) is 6.92 Å². The minimum Gasteiger partial charge on any atom is -0.744 e. The van der Waals surface area contributed by atoms with Crippen LogP contribution in [0.3, 0.4) is 0 Å². The van der Waals surface area contributed by atoms with Crippen LogP contribution in [0.5, 0.6) is 0 Å². The number of hydrogen-bond donors (Lipinski definition) is 1. The van der Waals surface area contributed by atoms with Gasteiger partial charge in [-0.1, -0.05) is 18.2 Å². The number of rotatable bonds is 9. The third kappa shape index (κ3) is 9.48. The Hall–Kier alpha value is -1.63. The molecule has 0 fully saturated rings. The number of aryl methyl sites for hydroxylation is 1. The number of esters is 1. The fourth-order valence-electron chi connectivity index (χ4n) is 3.91. The molecule has 1 N–H and O–H groups in total. The van der Waals surface area contributed by atoms with Gasteiger partial charge in [-0.15, -0.1) is 0 Å². The van der Waals surface area contributed by atoms with Crippen molar-refractivity contribution >= 4 is 49.6 Å². The molecule has 224 valence electrons. The van der Waals surface area contributed by atoms with Crippen LogP contribution < -0.4 is 113 Å². The molecule has 3 aromatic rings. The number of amides is 1. The normalized spacial score (nSPS) is 14.5. The van der Waals surface area contributed by atoms with E-state index in [9.17, 15) is 40.3 Å². The quantitative estimate of drug-likeness (QED) is 0.0745. The molecule has 1 aliphatic rings. The number of aromatic nitrogens is 2. The Morgan fingerprint density at radius 3 is 1.93 bits per heavy atom. The Kier molecular flexibility index (Phi) is 14.5. The average molecular weight is 705 g/mol. The molecule has 45 heavy (non-hydrogen) atoms. The number of hydrazone groups is 1. The van der Waals surface area contributed by atoms with E-state index in [0.29, 0.717) is 11.4 Å². The van der Waals surface area contributed by atoms with Crippen molar-refractivity contribution in [3.8, 4) is 5.69 Å². The molecule has 0 spiro atoms. The molecular formula is C27H22K2N4O10S2. The fraction of sp³-hybridized carbons (Fsp3) is 0.111. The second-order valence-electron chi connectivity index (χ2n) is 8.80. The van der Waals surface area contributed by atoms with Gasteiger partial charge < -0.3 is 13.8 Å². The summed E-state index contributed by atoms with van der Waals surface area (Å²) in [5, 5.41) is 7.76. The summed E-state index contributed by atoms with van der Waals surface area (Å²) in [5.74, 6) is -1.58. The second-order valence-corrected chi connectivity index (χ2v) is 11.6. The van der Waals surface area contributed by atoms with E-state index in [4.69, 9.17) is 4.74 Å². The van der Waals surface area contributed by atoms with Crippen molar-refractivity contribution < 1.29 is 143 Å². The monoisotopic (exact) mass is 704 g/mol. The first-order chi connectivity index (χ1) is 20.2. The first-order valence-electron chi connectivity index (χ1n) is 12.3. The van der Waals surface area contributed by atoms with E-state index < -0.39 is 47.5 Å². The zero-order valence-electron chi connectivity index (χ0n) is 24.5. The smallest absolute Gasteiger partial charge is 0.744 e. The van der Waals surface area contributed by atoms with Crippen LogP contribution in [0.1, 0.15) is 18.2 Å². The van der Waals surface area contributed by atoms with Crippen LogP contribution in [-0.2, 0) is 34.6 Å². The molecule has 0 saturated heterocycles. The average Bonchev–Trinajstić information content (AvgIpc) is 3.43. The Balaban J connectivity index is 0.00000353. The molecule has 0 unspecified atom stereocenters. The Labute approximate surface area is 343 Å². The minimum absolute atomic E-state index is 0. The first-order valence-corrected chi connectivity index (χ1v) is 15.1. The van der Waals surface area contributed by atoms with Crippen molar-refractivity contribution in [3.63, 3.8) is 0 Å². The predicted molar refractivity (Wildman–Crippen MR) is 151 cm³/mol. The molecule has 1 aromatic heterocycles. The summed E-state index contributed by atoms with van der Waals surface area (Å²) in [4.78, 5) is 37.6. The van der Waals surface area contributed by atoms with Crippen LogP contribution in [0.25, 0.3) is 11.8 Å². The summed E-state index contributed by atoms with van der Waals surface area (Å²) in [5.41, 5.74) is 0.316. The van der Waals surface area contributed by atoms with Gasteiger partial charge in [0.2, 0.25) is 0 Å². The van der Waals surface area contributed by atoms with Crippen molar-refractivity contribution in [2.24, 2.45) is 5.10 Å². The number of aromatic amines is 1. The zero-order valence-corrected chi connectivity index (χ0v) is 32.3. The van der Waals surface area contributed by atoms with Gasteiger partial charge in [0.15, 0.2) is 5.71 Å². The van der Waals surface area contributed by atoms with Gasteiger partial charge in [-0.2, -0.15) is 10.1 Å². The Morgan fingerprint density at radius 2 is 1.42 bits per heavy atom. The molecule has 14 nitrogen and oxygen atoms in total. The molecule has 0 saturated carbocycles. The summed E-state index contributed by atoms with van der Waals surface area (Å²) in [7, 11) is -9.34. The number of nitrogens with zero attached hydrogens (tertiary/aromatic N) is 3. The van der Waals surface area contributed by atoms with Crippen molar-refractivity contribution in [3.05, 3.63) is 100 Å². The van der Waals surface area contributed by atoms with Gasteiger partial charge in [-0.25, -0.2) is 26.3 Å². The number of anilines is 1. The van der Waals surface area contributed by atoms with Crippen LogP contribution in [0.2, 0.25) is 0 Å². The van der Waals surface area contributed by atoms with E-state index in [1.54, 1.807) is 13.8 Å². The summed E-state index contributed by atoms with van der Waals surface area (Å²) in [6, 6.07) is 9.23. The third-order valence-electron chi connectivity index (χ3n) is 5.97. The van der Waals surface area contributed by atoms with Gasteiger partial charge in [0, 0.05) is 5.69 Å². The molecular weight excluding hydrogens is 683 g/mol. The van der Waals surface area contributed by atoms with Gasteiger partial charge in [0.1, 0.15) is 20.2 Å². The van der Waals surface area contributed by atoms with Gasteiger partial charge in [0.05, 0.1) is 38.9 Å². The van der Waals surface area contributed by atoms with E-state index in [2.05, 4.69) is 10.2 Å². The van der Waals surface area contributed by atoms with E-state index in [0.717, 1.165) is 29.3 Å². The van der Waals surface area contributed by atoms with Crippen LogP contribution in [0.15, 0.2) is 98.1 Å². The summed E-state index contributed by atoms with van der Waals surface area (Å²) in [6.07, 6.45) is 7.23. The largest absolute Gasteiger partial charge is 1.00 e. The maximum Gasteiger partial charge on any atom is 1.00 e. The second kappa shape index (κ2) is 16.5. The molecule has 0 aliphatic carbocycles. The maximum absolute atomic E-state index is 13.1. The predicted octanol–water partition coefficient (Wildman–Crippen LogP) is -4.25. The third-order valence-corrected chi connectivity index (χ3v) is 7.66. The number of hydrogen-bond acceptors (Lipinski definition) is 11. The first kappa shape index (κ1) is 39.6. The van der Waals surface area contributed by atoms with E-state index in [-0.39, 0.29) is 132 Å². The van der Waals surface area contributed by atoms with Crippen molar-refractivity contribution in [2.45, 2.75) is 23.6 Å². The zero-order chi connectivity index (χ0) is 31.5. The van der Waals surface area contributed by atoms with E-state index in [1.165, 1.54) is 59.3 Å². The Bertz CT molecular complexity index is 1990. The number of ether oxygens (including phenoxy) is 1. The number of nitrogens with one attached hydrogen (secondary N) is 1. The van der Waals surface area contributed by atoms with Crippen molar-refractivity contribution in [1.29, 1.82) is 0 Å². The maximum atomic E-state index is 13.1. The fourth-order valence-corrected chi connectivity index (χ4v) is 4.85.